The van der Waals surface area contributed by atoms with Crippen LogP contribution in [-0.4, -0.2) is 40.2 Å². The van der Waals surface area contributed by atoms with Gasteiger partial charge in [-0.3, -0.25) is 4.79 Å². The van der Waals surface area contributed by atoms with E-state index < -0.39 is 0 Å². The van der Waals surface area contributed by atoms with E-state index in [1.165, 1.54) is 0 Å². The Morgan fingerprint density at radius 1 is 1.19 bits per heavy atom. The average molecular weight is 285 g/mol. The predicted molar refractivity (Wildman–Crippen MR) is 81.4 cm³/mol. The second-order valence-corrected chi connectivity index (χ2v) is 5.51. The van der Waals surface area contributed by atoms with Crippen molar-refractivity contribution in [1.82, 2.24) is 4.90 Å². The van der Waals surface area contributed by atoms with Crippen molar-refractivity contribution in [1.29, 1.82) is 0 Å². The first-order chi connectivity index (χ1) is 10.2. The van der Waals surface area contributed by atoms with E-state index in [9.17, 15) is 15.0 Å². The Morgan fingerprint density at radius 2 is 2.00 bits per heavy atom. The molecule has 1 atom stereocenters. The van der Waals surface area contributed by atoms with E-state index in [1.54, 1.807) is 17.0 Å². The van der Waals surface area contributed by atoms with Crippen LogP contribution in [0.1, 0.15) is 29.6 Å². The van der Waals surface area contributed by atoms with Gasteiger partial charge in [-0.25, -0.2) is 0 Å². The Kier molecular flexibility index (Phi) is 3.80. The number of rotatable bonds is 2. The molecule has 110 valence electrons. The van der Waals surface area contributed by atoms with E-state index in [-0.39, 0.29) is 24.3 Å². The van der Waals surface area contributed by atoms with Crippen molar-refractivity contribution < 1.29 is 15.0 Å². The van der Waals surface area contributed by atoms with Crippen LogP contribution in [0.3, 0.4) is 0 Å². The minimum Gasteiger partial charge on any atom is -0.506 e. The van der Waals surface area contributed by atoms with Gasteiger partial charge in [0.15, 0.2) is 0 Å². The summed E-state index contributed by atoms with van der Waals surface area (Å²) in [7, 11) is 0. The molecule has 1 heterocycles. The first kappa shape index (κ1) is 13.9. The molecular weight excluding hydrogens is 266 g/mol. The number of carbonyl (C=O) groups is 1. The molecule has 3 rings (SSSR count). The number of hydrogen-bond donors (Lipinski definition) is 2. The normalized spacial score (nSPS) is 18.9. The zero-order chi connectivity index (χ0) is 14.8. The maximum Gasteiger partial charge on any atom is 0.257 e. The molecule has 2 N–H and O–H groups in total. The smallest absolute Gasteiger partial charge is 0.257 e. The summed E-state index contributed by atoms with van der Waals surface area (Å²) < 4.78 is 0. The summed E-state index contributed by atoms with van der Waals surface area (Å²) in [6, 6.07) is 10.8. The van der Waals surface area contributed by atoms with Gasteiger partial charge in [-0.1, -0.05) is 30.3 Å². The van der Waals surface area contributed by atoms with Gasteiger partial charge in [0.2, 0.25) is 0 Å². The molecule has 1 unspecified atom stereocenters. The van der Waals surface area contributed by atoms with E-state index in [0.29, 0.717) is 17.5 Å². The van der Waals surface area contributed by atoms with E-state index in [2.05, 4.69) is 0 Å². The van der Waals surface area contributed by atoms with Gasteiger partial charge in [0.1, 0.15) is 5.75 Å². The Morgan fingerprint density at radius 3 is 2.81 bits per heavy atom. The molecule has 1 fully saturated rings. The number of phenols is 1. The third-order valence-electron chi connectivity index (χ3n) is 4.23. The van der Waals surface area contributed by atoms with E-state index in [1.807, 2.05) is 24.3 Å². The van der Waals surface area contributed by atoms with Gasteiger partial charge in [-0.2, -0.15) is 0 Å². The van der Waals surface area contributed by atoms with Gasteiger partial charge >= 0.3 is 0 Å². The van der Waals surface area contributed by atoms with Crippen molar-refractivity contribution in [3.05, 3.63) is 42.0 Å². The van der Waals surface area contributed by atoms with Gasteiger partial charge in [-0.15, -0.1) is 0 Å². The summed E-state index contributed by atoms with van der Waals surface area (Å²) in [4.78, 5) is 14.4. The lowest BCUT2D eigenvalue weighted by Gasteiger charge is -2.34. The summed E-state index contributed by atoms with van der Waals surface area (Å²) in [6.07, 6.45) is 2.78. The first-order valence-electron chi connectivity index (χ1n) is 7.35. The molecule has 2 aromatic carbocycles. The topological polar surface area (TPSA) is 60.8 Å². The highest BCUT2D eigenvalue weighted by atomic mass is 16.3. The lowest BCUT2D eigenvalue weighted by molar-refractivity contribution is 0.0500. The fraction of sp³-hybridized carbons (Fsp3) is 0.353. The fourth-order valence-corrected chi connectivity index (χ4v) is 3.04. The highest BCUT2D eigenvalue weighted by Gasteiger charge is 2.28. The molecule has 0 spiro atoms. The number of piperidine rings is 1. The van der Waals surface area contributed by atoms with Crippen LogP contribution >= 0.6 is 0 Å². The Hall–Kier alpha value is -2.07. The van der Waals surface area contributed by atoms with Crippen molar-refractivity contribution in [3.63, 3.8) is 0 Å². The van der Waals surface area contributed by atoms with Crippen LogP contribution in [0.25, 0.3) is 10.8 Å². The van der Waals surface area contributed by atoms with Crippen LogP contribution in [0.15, 0.2) is 36.4 Å². The predicted octanol–water partition coefficient (Wildman–Crippen LogP) is 2.53. The van der Waals surface area contributed by atoms with Crippen molar-refractivity contribution >= 4 is 16.7 Å². The summed E-state index contributed by atoms with van der Waals surface area (Å²) in [5.74, 6) is -0.169. The van der Waals surface area contributed by atoms with Gasteiger partial charge < -0.3 is 15.1 Å². The molecule has 0 saturated carbocycles. The first-order valence-corrected chi connectivity index (χ1v) is 7.35. The molecule has 4 nitrogen and oxygen atoms in total. The molecule has 4 heteroatoms. The summed E-state index contributed by atoms with van der Waals surface area (Å²) >= 11 is 0. The molecule has 1 aliphatic heterocycles. The second-order valence-electron chi connectivity index (χ2n) is 5.51. The second kappa shape index (κ2) is 5.74. The molecule has 1 amide bonds. The van der Waals surface area contributed by atoms with Crippen LogP contribution < -0.4 is 0 Å². The molecule has 1 aliphatic rings. The van der Waals surface area contributed by atoms with Crippen molar-refractivity contribution in [2.75, 3.05) is 13.2 Å². The summed E-state index contributed by atoms with van der Waals surface area (Å²) in [6.45, 7) is 0.608. The number of hydrogen-bond acceptors (Lipinski definition) is 3. The number of aliphatic hydroxyl groups is 1. The number of benzene rings is 2. The molecule has 0 aromatic heterocycles. The molecule has 0 bridgehead atoms. The number of aromatic hydroxyl groups is 1. The largest absolute Gasteiger partial charge is 0.506 e. The number of phenolic OH excluding ortho intramolecular Hbond substituents is 1. The van der Waals surface area contributed by atoms with Crippen LogP contribution in [0.4, 0.5) is 0 Å². The molecule has 21 heavy (non-hydrogen) atoms. The number of aliphatic hydroxyl groups excluding tert-OH is 1. The standard InChI is InChI=1S/C17H19NO3/c19-11-13-6-3-4-10-18(13)17(21)15-9-8-12-5-1-2-7-14(12)16(15)20/h1-2,5,7-9,13,19-20H,3-4,6,10-11H2. The highest BCUT2D eigenvalue weighted by molar-refractivity contribution is 6.03. The van der Waals surface area contributed by atoms with Crippen molar-refractivity contribution in [2.45, 2.75) is 25.3 Å². The van der Waals surface area contributed by atoms with E-state index in [4.69, 9.17) is 0 Å². The number of carbonyl (C=O) groups excluding carboxylic acids is 1. The van der Waals surface area contributed by atoms with Gasteiger partial charge in [-0.05, 0) is 30.7 Å². The van der Waals surface area contributed by atoms with E-state index >= 15 is 0 Å². The minimum absolute atomic E-state index is 0.0277. The third kappa shape index (κ3) is 2.47. The van der Waals surface area contributed by atoms with Gasteiger partial charge in [0, 0.05) is 11.9 Å². The van der Waals surface area contributed by atoms with E-state index in [0.717, 1.165) is 24.6 Å². The fourth-order valence-electron chi connectivity index (χ4n) is 3.04. The molecule has 2 aromatic rings. The molecule has 1 saturated heterocycles. The third-order valence-corrected chi connectivity index (χ3v) is 4.23. The van der Waals surface area contributed by atoms with Crippen LogP contribution in [0, 0.1) is 0 Å². The minimum atomic E-state index is -0.197. The maximum absolute atomic E-state index is 12.7. The number of fused-ring (bicyclic) bond motifs is 1. The molecule has 0 aliphatic carbocycles. The average Bonchev–Trinajstić information content (AvgIpc) is 2.55. The monoisotopic (exact) mass is 285 g/mol. The number of nitrogens with zero attached hydrogens (tertiary/aromatic N) is 1. The van der Waals surface area contributed by atoms with Gasteiger partial charge in [0.05, 0.1) is 18.2 Å². The quantitative estimate of drug-likeness (QED) is 0.891. The van der Waals surface area contributed by atoms with Gasteiger partial charge in [0.25, 0.3) is 5.91 Å². The maximum atomic E-state index is 12.7. The Balaban J connectivity index is 1.99. The summed E-state index contributed by atoms with van der Waals surface area (Å²) in [5, 5.41) is 21.4. The lowest BCUT2D eigenvalue weighted by Crippen LogP contribution is -2.45. The Bertz CT molecular complexity index is 668. The molecule has 0 radical (unpaired) electrons. The Labute approximate surface area is 123 Å². The SMILES string of the molecule is O=C(c1ccc2ccccc2c1O)N1CCCCC1CO. The zero-order valence-corrected chi connectivity index (χ0v) is 11.8. The summed E-state index contributed by atoms with van der Waals surface area (Å²) in [5.41, 5.74) is 0.314. The number of amides is 1. The van der Waals surface area contributed by atoms with Crippen LogP contribution in [-0.2, 0) is 0 Å². The lowest BCUT2D eigenvalue weighted by atomic mass is 9.99. The van der Waals surface area contributed by atoms with Crippen LogP contribution in [0.2, 0.25) is 0 Å². The highest BCUT2D eigenvalue weighted by Crippen LogP contribution is 2.30. The van der Waals surface area contributed by atoms with Crippen molar-refractivity contribution in [2.24, 2.45) is 0 Å². The van der Waals surface area contributed by atoms with Crippen LogP contribution in [0.5, 0.6) is 5.75 Å². The number of likely N-dealkylation sites (tertiary alicyclic amines) is 1. The van der Waals surface area contributed by atoms with Crippen molar-refractivity contribution in [3.8, 4) is 5.75 Å². The molecular formula is C17H19NO3. The zero-order valence-electron chi connectivity index (χ0n) is 11.8.